The van der Waals surface area contributed by atoms with E-state index in [0.717, 1.165) is 4.47 Å². The third kappa shape index (κ3) is 4.92. The Morgan fingerprint density at radius 1 is 1.45 bits per heavy atom. The molecule has 0 amide bonds. The molecule has 0 aliphatic heterocycles. The van der Waals surface area contributed by atoms with Gasteiger partial charge in [-0.15, -0.1) is 0 Å². The Labute approximate surface area is 125 Å². The maximum Gasteiger partial charge on any atom is 0.303 e. The minimum absolute atomic E-state index is 0.0572. The van der Waals surface area contributed by atoms with Gasteiger partial charge in [0, 0.05) is 17.3 Å². The molecule has 0 saturated carbocycles. The molecule has 1 N–H and O–H groups in total. The first-order chi connectivity index (χ1) is 9.47. The van der Waals surface area contributed by atoms with Gasteiger partial charge in [-0.1, -0.05) is 22.9 Å². The Balaban J connectivity index is 2.89. The Kier molecular flexibility index (Phi) is 6.64. The van der Waals surface area contributed by atoms with Crippen LogP contribution in [0.1, 0.15) is 36.5 Å². The minimum atomic E-state index is -1.01. The second-order valence-corrected chi connectivity index (χ2v) is 5.16. The first-order valence-electron chi connectivity index (χ1n) is 6.25. The zero-order valence-electron chi connectivity index (χ0n) is 11.1. The first-order valence-corrected chi connectivity index (χ1v) is 7.04. The quantitative estimate of drug-likeness (QED) is 0.730. The number of carboxylic acid groups (broad SMARTS) is 1. The van der Waals surface area contributed by atoms with E-state index < -0.39 is 18.7 Å². The Bertz CT molecular complexity index is 490. The molecule has 6 heteroatoms. The fourth-order valence-electron chi connectivity index (χ4n) is 1.64. The molecule has 0 radical (unpaired) electrons. The molecule has 1 rings (SSSR count). The van der Waals surface area contributed by atoms with Gasteiger partial charge in [-0.05, 0) is 24.6 Å². The third-order valence-electron chi connectivity index (χ3n) is 2.71. The molecule has 0 unspecified atom stereocenters. The highest BCUT2D eigenvalue weighted by Gasteiger charge is 2.17. The van der Waals surface area contributed by atoms with Gasteiger partial charge in [0.05, 0.1) is 5.56 Å². The van der Waals surface area contributed by atoms with Crippen molar-refractivity contribution < 1.29 is 23.8 Å². The Morgan fingerprint density at radius 3 is 2.70 bits per heavy atom. The van der Waals surface area contributed by atoms with Crippen molar-refractivity contribution in [1.29, 1.82) is 0 Å². The summed E-state index contributed by atoms with van der Waals surface area (Å²) in [4.78, 5) is 22.3. The molecular formula is C14H16BrFO4. The molecule has 1 aromatic rings. The van der Waals surface area contributed by atoms with Crippen LogP contribution in [-0.4, -0.2) is 29.6 Å². The van der Waals surface area contributed by atoms with Gasteiger partial charge in [-0.2, -0.15) is 0 Å². The second-order valence-electron chi connectivity index (χ2n) is 4.24. The first kappa shape index (κ1) is 16.6. The number of ketones is 1. The minimum Gasteiger partial charge on any atom is -0.487 e. The monoisotopic (exact) mass is 346 g/mol. The van der Waals surface area contributed by atoms with E-state index in [4.69, 9.17) is 9.84 Å². The lowest BCUT2D eigenvalue weighted by atomic mass is 10.1. The van der Waals surface area contributed by atoms with Crippen molar-refractivity contribution in [2.24, 2.45) is 0 Å². The van der Waals surface area contributed by atoms with Crippen molar-refractivity contribution in [3.05, 3.63) is 28.2 Å². The fourth-order valence-corrected chi connectivity index (χ4v) is 2.01. The summed E-state index contributed by atoms with van der Waals surface area (Å²) in [5.41, 5.74) is 0.371. The third-order valence-corrected chi connectivity index (χ3v) is 3.20. The van der Waals surface area contributed by atoms with Gasteiger partial charge < -0.3 is 9.84 Å². The van der Waals surface area contributed by atoms with Crippen LogP contribution in [-0.2, 0) is 4.79 Å². The summed E-state index contributed by atoms with van der Waals surface area (Å²) >= 11 is 3.27. The van der Waals surface area contributed by atoms with Crippen molar-refractivity contribution in [2.45, 2.75) is 32.3 Å². The Morgan fingerprint density at radius 2 is 2.15 bits per heavy atom. The standard InChI is InChI=1S/C14H16BrFO4/c1-2-12(17)11-7-9(15)3-5-13(11)20-10(8-16)4-6-14(18)19/h3,5,7,10H,2,4,6,8H2,1H3,(H,18,19)/t10-/m1/s1. The molecule has 0 aromatic heterocycles. The summed E-state index contributed by atoms with van der Waals surface area (Å²) in [6.45, 7) is 0.924. The van der Waals surface area contributed by atoms with E-state index in [1.165, 1.54) is 0 Å². The van der Waals surface area contributed by atoms with Crippen molar-refractivity contribution in [3.8, 4) is 5.75 Å². The van der Waals surface area contributed by atoms with Gasteiger partial charge in [0.25, 0.3) is 0 Å². The van der Waals surface area contributed by atoms with Crippen LogP contribution in [0.2, 0.25) is 0 Å². The van der Waals surface area contributed by atoms with E-state index >= 15 is 0 Å². The van der Waals surface area contributed by atoms with Gasteiger partial charge in [0.1, 0.15) is 18.5 Å². The summed E-state index contributed by atoms with van der Waals surface area (Å²) in [6, 6.07) is 4.89. The van der Waals surface area contributed by atoms with E-state index in [1.807, 2.05) is 0 Å². The predicted molar refractivity (Wildman–Crippen MR) is 76.0 cm³/mol. The molecule has 4 nitrogen and oxygen atoms in total. The van der Waals surface area contributed by atoms with Gasteiger partial charge in [0.15, 0.2) is 5.78 Å². The van der Waals surface area contributed by atoms with E-state index in [-0.39, 0.29) is 24.4 Å². The highest BCUT2D eigenvalue weighted by atomic mass is 79.9. The van der Waals surface area contributed by atoms with Crippen molar-refractivity contribution >= 4 is 27.7 Å². The largest absolute Gasteiger partial charge is 0.487 e. The van der Waals surface area contributed by atoms with Gasteiger partial charge in [0.2, 0.25) is 0 Å². The normalized spacial score (nSPS) is 11.9. The molecule has 0 aliphatic carbocycles. The molecule has 110 valence electrons. The smallest absolute Gasteiger partial charge is 0.303 e. The second kappa shape index (κ2) is 7.99. The van der Waals surface area contributed by atoms with Crippen LogP contribution >= 0.6 is 15.9 Å². The van der Waals surface area contributed by atoms with Gasteiger partial charge >= 0.3 is 5.97 Å². The fraction of sp³-hybridized carbons (Fsp3) is 0.429. The number of ether oxygens (including phenoxy) is 1. The molecule has 0 bridgehead atoms. The number of alkyl halides is 1. The number of hydrogen-bond acceptors (Lipinski definition) is 3. The van der Waals surface area contributed by atoms with Crippen LogP contribution in [0.15, 0.2) is 22.7 Å². The van der Waals surface area contributed by atoms with E-state index in [2.05, 4.69) is 15.9 Å². The molecule has 0 aliphatic rings. The van der Waals surface area contributed by atoms with Crippen LogP contribution < -0.4 is 4.74 Å². The van der Waals surface area contributed by atoms with Crippen molar-refractivity contribution in [1.82, 2.24) is 0 Å². The lowest BCUT2D eigenvalue weighted by Gasteiger charge is -2.17. The number of halogens is 2. The summed E-state index contributed by atoms with van der Waals surface area (Å²) < 4.78 is 19.0. The molecule has 1 aromatic carbocycles. The Hall–Kier alpha value is -1.43. The molecule has 0 spiro atoms. The zero-order valence-corrected chi connectivity index (χ0v) is 12.7. The summed E-state index contributed by atoms with van der Waals surface area (Å²) in [5.74, 6) is -0.835. The number of rotatable bonds is 8. The number of carbonyl (C=O) groups excluding carboxylic acids is 1. The number of aliphatic carboxylic acids is 1. The summed E-state index contributed by atoms with van der Waals surface area (Å²) in [5, 5.41) is 8.60. The average molecular weight is 347 g/mol. The zero-order chi connectivity index (χ0) is 15.1. The number of carboxylic acids is 1. The highest BCUT2D eigenvalue weighted by Crippen LogP contribution is 2.26. The van der Waals surface area contributed by atoms with E-state index in [0.29, 0.717) is 12.0 Å². The van der Waals surface area contributed by atoms with E-state index in [9.17, 15) is 14.0 Å². The lowest BCUT2D eigenvalue weighted by molar-refractivity contribution is -0.137. The molecular weight excluding hydrogens is 331 g/mol. The van der Waals surface area contributed by atoms with Gasteiger partial charge in [-0.3, -0.25) is 9.59 Å². The molecule has 0 heterocycles. The van der Waals surface area contributed by atoms with Crippen LogP contribution in [0.5, 0.6) is 5.75 Å². The highest BCUT2D eigenvalue weighted by molar-refractivity contribution is 9.10. The molecule has 1 atom stereocenters. The van der Waals surface area contributed by atoms with Crippen LogP contribution in [0.25, 0.3) is 0 Å². The maximum absolute atomic E-state index is 12.9. The van der Waals surface area contributed by atoms with E-state index in [1.54, 1.807) is 25.1 Å². The average Bonchev–Trinajstić information content (AvgIpc) is 2.43. The number of benzene rings is 1. The summed E-state index contributed by atoms with van der Waals surface area (Å²) in [7, 11) is 0. The summed E-state index contributed by atoms with van der Waals surface area (Å²) in [6.07, 6.45) is -0.679. The number of carbonyl (C=O) groups is 2. The van der Waals surface area contributed by atoms with Crippen molar-refractivity contribution in [3.63, 3.8) is 0 Å². The van der Waals surface area contributed by atoms with Crippen molar-refractivity contribution in [2.75, 3.05) is 6.67 Å². The topological polar surface area (TPSA) is 63.6 Å². The number of hydrogen-bond donors (Lipinski definition) is 1. The molecule has 20 heavy (non-hydrogen) atoms. The van der Waals surface area contributed by atoms with Gasteiger partial charge in [-0.25, -0.2) is 4.39 Å². The van der Waals surface area contributed by atoms with Crippen LogP contribution in [0, 0.1) is 0 Å². The van der Waals surface area contributed by atoms with Crippen LogP contribution in [0.3, 0.4) is 0 Å². The molecule has 0 saturated heterocycles. The van der Waals surface area contributed by atoms with Crippen LogP contribution in [0.4, 0.5) is 4.39 Å². The number of Topliss-reactive ketones (excluding diaryl/α,β-unsaturated/α-hetero) is 1. The predicted octanol–water partition coefficient (Wildman–Crippen LogP) is 3.62. The maximum atomic E-state index is 12.9. The molecule has 0 fully saturated rings. The lowest BCUT2D eigenvalue weighted by Crippen LogP contribution is -2.21. The SMILES string of the molecule is CCC(=O)c1cc(Br)ccc1O[C@@H](CF)CCC(=O)O.